The quantitative estimate of drug-likeness (QED) is 0.593. The number of carboxylic acids is 1. The van der Waals surface area contributed by atoms with Crippen molar-refractivity contribution >= 4 is 11.9 Å². The van der Waals surface area contributed by atoms with E-state index in [1.54, 1.807) is 12.1 Å². The van der Waals surface area contributed by atoms with Crippen molar-refractivity contribution in [2.45, 2.75) is 25.6 Å². The van der Waals surface area contributed by atoms with Gasteiger partial charge in [0, 0.05) is 31.7 Å². The zero-order chi connectivity index (χ0) is 13.8. The van der Waals surface area contributed by atoms with Gasteiger partial charge in [0.15, 0.2) is 0 Å². The van der Waals surface area contributed by atoms with E-state index in [1.807, 2.05) is 6.07 Å². The van der Waals surface area contributed by atoms with Crippen molar-refractivity contribution in [3.8, 4) is 0 Å². The summed E-state index contributed by atoms with van der Waals surface area (Å²) in [5.74, 6) is -1.58. The minimum absolute atomic E-state index is 0.00638. The van der Waals surface area contributed by atoms with Gasteiger partial charge in [-0.25, -0.2) is 4.79 Å². The molecule has 0 spiro atoms. The van der Waals surface area contributed by atoms with Gasteiger partial charge in [0.05, 0.1) is 0 Å². The SMILES string of the molecule is O=C(N[C@@H](CCO)C(=O)O)c1ccc2c(c1)CNC2. The molecule has 6 heteroatoms. The average Bonchev–Trinajstić information content (AvgIpc) is 2.85. The molecule has 0 aromatic heterocycles. The number of aliphatic hydroxyl groups excluding tert-OH is 1. The fraction of sp³-hybridized carbons (Fsp3) is 0.385. The summed E-state index contributed by atoms with van der Waals surface area (Å²) in [5, 5.41) is 23.3. The number of carbonyl (C=O) groups excluding carboxylic acids is 1. The molecule has 0 radical (unpaired) electrons. The van der Waals surface area contributed by atoms with Crippen LogP contribution in [0.15, 0.2) is 18.2 Å². The fourth-order valence-electron chi connectivity index (χ4n) is 2.06. The number of fused-ring (bicyclic) bond motifs is 1. The van der Waals surface area contributed by atoms with Crippen LogP contribution in [0.5, 0.6) is 0 Å². The van der Waals surface area contributed by atoms with Crippen molar-refractivity contribution in [1.29, 1.82) is 0 Å². The molecule has 1 heterocycles. The molecule has 1 aromatic carbocycles. The number of benzene rings is 1. The van der Waals surface area contributed by atoms with Gasteiger partial charge in [-0.05, 0) is 23.3 Å². The lowest BCUT2D eigenvalue weighted by atomic mass is 10.1. The van der Waals surface area contributed by atoms with E-state index in [1.165, 1.54) is 0 Å². The van der Waals surface area contributed by atoms with Crippen LogP contribution in [-0.4, -0.2) is 34.7 Å². The summed E-state index contributed by atoms with van der Waals surface area (Å²) >= 11 is 0. The predicted molar refractivity (Wildman–Crippen MR) is 67.6 cm³/mol. The lowest BCUT2D eigenvalue weighted by molar-refractivity contribution is -0.139. The second-order valence-electron chi connectivity index (χ2n) is 4.46. The molecular formula is C13H16N2O4. The van der Waals surface area contributed by atoms with Crippen molar-refractivity contribution in [2.24, 2.45) is 0 Å². The second kappa shape index (κ2) is 5.81. The maximum absolute atomic E-state index is 12.0. The number of rotatable bonds is 5. The van der Waals surface area contributed by atoms with Gasteiger partial charge in [-0.3, -0.25) is 4.79 Å². The Morgan fingerprint density at radius 3 is 2.74 bits per heavy atom. The lowest BCUT2D eigenvalue weighted by Crippen LogP contribution is -2.41. The smallest absolute Gasteiger partial charge is 0.326 e. The predicted octanol–water partition coefficient (Wildman–Crippen LogP) is -0.145. The molecule has 0 fully saturated rings. The van der Waals surface area contributed by atoms with E-state index in [2.05, 4.69) is 10.6 Å². The Kier molecular flexibility index (Phi) is 4.13. The molecule has 102 valence electrons. The Hall–Kier alpha value is -1.92. The van der Waals surface area contributed by atoms with Crippen LogP contribution < -0.4 is 10.6 Å². The zero-order valence-corrected chi connectivity index (χ0v) is 10.3. The Balaban J connectivity index is 2.09. The molecule has 0 bridgehead atoms. The summed E-state index contributed by atoms with van der Waals surface area (Å²) in [4.78, 5) is 22.9. The van der Waals surface area contributed by atoms with Gasteiger partial charge in [-0.2, -0.15) is 0 Å². The molecule has 1 aromatic rings. The van der Waals surface area contributed by atoms with Crippen LogP contribution in [0.25, 0.3) is 0 Å². The molecule has 4 N–H and O–H groups in total. The summed E-state index contributed by atoms with van der Waals surface area (Å²) in [6, 6.07) is 4.25. The van der Waals surface area contributed by atoms with Crippen LogP contribution in [-0.2, 0) is 17.9 Å². The van der Waals surface area contributed by atoms with Crippen LogP contribution >= 0.6 is 0 Å². The van der Waals surface area contributed by atoms with Crippen molar-refractivity contribution in [3.05, 3.63) is 34.9 Å². The largest absolute Gasteiger partial charge is 0.480 e. The van der Waals surface area contributed by atoms with Crippen molar-refractivity contribution in [2.75, 3.05) is 6.61 Å². The molecule has 6 nitrogen and oxygen atoms in total. The van der Waals surface area contributed by atoms with Gasteiger partial charge >= 0.3 is 5.97 Å². The first kappa shape index (κ1) is 13.5. The van der Waals surface area contributed by atoms with Crippen molar-refractivity contribution in [1.82, 2.24) is 10.6 Å². The number of hydrogen-bond acceptors (Lipinski definition) is 4. The highest BCUT2D eigenvalue weighted by Gasteiger charge is 2.21. The van der Waals surface area contributed by atoms with Crippen LogP contribution in [0, 0.1) is 0 Å². The standard InChI is InChI=1S/C13H16N2O4/c16-4-3-11(13(18)19)15-12(17)8-1-2-9-6-14-7-10(9)5-8/h1-2,5,11,14,16H,3-4,6-7H2,(H,15,17)(H,18,19)/t11-/m0/s1. The van der Waals surface area contributed by atoms with Gasteiger partial charge < -0.3 is 20.8 Å². The summed E-state index contributed by atoms with van der Waals surface area (Å²) in [6.45, 7) is 1.22. The molecule has 0 aliphatic carbocycles. The van der Waals surface area contributed by atoms with Crippen LogP contribution in [0.4, 0.5) is 0 Å². The maximum Gasteiger partial charge on any atom is 0.326 e. The average molecular weight is 264 g/mol. The van der Waals surface area contributed by atoms with Gasteiger partial charge in [0.2, 0.25) is 0 Å². The molecule has 1 aliphatic heterocycles. The Bertz CT molecular complexity index is 501. The molecule has 2 rings (SSSR count). The topological polar surface area (TPSA) is 98.7 Å². The number of carboxylic acid groups (broad SMARTS) is 1. The molecular weight excluding hydrogens is 248 g/mol. The van der Waals surface area contributed by atoms with E-state index in [9.17, 15) is 9.59 Å². The number of aliphatic hydroxyl groups is 1. The lowest BCUT2D eigenvalue weighted by Gasteiger charge is -2.13. The monoisotopic (exact) mass is 264 g/mol. The fourth-order valence-corrected chi connectivity index (χ4v) is 2.06. The third kappa shape index (κ3) is 3.10. The van der Waals surface area contributed by atoms with E-state index < -0.39 is 17.9 Å². The molecule has 0 saturated carbocycles. The van der Waals surface area contributed by atoms with Gasteiger partial charge in [0.25, 0.3) is 5.91 Å². The van der Waals surface area contributed by atoms with Gasteiger partial charge in [-0.15, -0.1) is 0 Å². The molecule has 19 heavy (non-hydrogen) atoms. The summed E-state index contributed by atoms with van der Waals surface area (Å²) in [6.07, 6.45) is -0.00638. The van der Waals surface area contributed by atoms with E-state index in [0.29, 0.717) is 5.56 Å². The summed E-state index contributed by atoms with van der Waals surface area (Å²) in [7, 11) is 0. The van der Waals surface area contributed by atoms with Crippen LogP contribution in [0.2, 0.25) is 0 Å². The van der Waals surface area contributed by atoms with E-state index >= 15 is 0 Å². The van der Waals surface area contributed by atoms with Crippen LogP contribution in [0.3, 0.4) is 0 Å². The number of hydrogen-bond donors (Lipinski definition) is 4. The normalized spacial score (nSPS) is 14.8. The first-order chi connectivity index (χ1) is 9.11. The van der Waals surface area contributed by atoms with Crippen molar-refractivity contribution in [3.63, 3.8) is 0 Å². The number of carbonyl (C=O) groups is 2. The highest BCUT2D eigenvalue weighted by atomic mass is 16.4. The first-order valence-electron chi connectivity index (χ1n) is 6.09. The highest BCUT2D eigenvalue weighted by Crippen LogP contribution is 2.17. The second-order valence-corrected chi connectivity index (χ2v) is 4.46. The zero-order valence-electron chi connectivity index (χ0n) is 10.3. The Morgan fingerprint density at radius 1 is 1.32 bits per heavy atom. The number of amides is 1. The Morgan fingerprint density at radius 2 is 2.05 bits per heavy atom. The summed E-state index contributed by atoms with van der Waals surface area (Å²) < 4.78 is 0. The molecule has 1 aliphatic rings. The molecule has 1 atom stereocenters. The molecule has 1 amide bonds. The Labute approximate surface area is 110 Å². The highest BCUT2D eigenvalue weighted by molar-refractivity contribution is 5.96. The number of aliphatic carboxylic acids is 1. The maximum atomic E-state index is 12.0. The van der Waals surface area contributed by atoms with Crippen molar-refractivity contribution < 1.29 is 19.8 Å². The van der Waals surface area contributed by atoms with E-state index in [0.717, 1.165) is 24.2 Å². The third-order valence-electron chi connectivity index (χ3n) is 3.12. The van der Waals surface area contributed by atoms with E-state index in [4.69, 9.17) is 10.2 Å². The first-order valence-corrected chi connectivity index (χ1v) is 6.09. The minimum Gasteiger partial charge on any atom is -0.480 e. The van der Waals surface area contributed by atoms with Crippen LogP contribution in [0.1, 0.15) is 27.9 Å². The molecule has 0 unspecified atom stereocenters. The van der Waals surface area contributed by atoms with E-state index in [-0.39, 0.29) is 13.0 Å². The minimum atomic E-state index is -1.15. The molecule has 0 saturated heterocycles. The summed E-state index contributed by atoms with van der Waals surface area (Å²) in [5.41, 5.74) is 2.65. The van der Waals surface area contributed by atoms with Gasteiger partial charge in [0.1, 0.15) is 6.04 Å². The third-order valence-corrected chi connectivity index (χ3v) is 3.12. The number of nitrogens with one attached hydrogen (secondary N) is 2. The van der Waals surface area contributed by atoms with Gasteiger partial charge in [-0.1, -0.05) is 6.07 Å².